The highest BCUT2D eigenvalue weighted by Crippen LogP contribution is 2.13. The molecule has 1 atom stereocenters. The highest BCUT2D eigenvalue weighted by molar-refractivity contribution is 5.88. The van der Waals surface area contributed by atoms with E-state index in [9.17, 15) is 9.59 Å². The van der Waals surface area contributed by atoms with E-state index in [0.717, 1.165) is 0 Å². The topological polar surface area (TPSA) is 105 Å². The normalized spacial score (nSPS) is 11.1. The zero-order chi connectivity index (χ0) is 16.7. The Kier molecular flexibility index (Phi) is 5.31. The van der Waals surface area contributed by atoms with Gasteiger partial charge in [0.2, 0.25) is 5.91 Å². The number of carbonyl (C=O) groups is 2. The van der Waals surface area contributed by atoms with Crippen LogP contribution in [-0.2, 0) is 9.59 Å². The van der Waals surface area contributed by atoms with Crippen molar-refractivity contribution in [3.63, 3.8) is 0 Å². The summed E-state index contributed by atoms with van der Waals surface area (Å²) in [7, 11) is 0. The Labute approximate surface area is 133 Å². The smallest absolute Gasteiger partial charge is 0.258 e. The van der Waals surface area contributed by atoms with E-state index in [0.29, 0.717) is 16.9 Å². The molecule has 0 aliphatic heterocycles. The molecule has 0 bridgehead atoms. The van der Waals surface area contributed by atoms with Crippen LogP contribution >= 0.6 is 0 Å². The van der Waals surface area contributed by atoms with Crippen molar-refractivity contribution in [2.75, 3.05) is 6.61 Å². The number of rotatable bonds is 6. The third kappa shape index (κ3) is 4.58. The predicted octanol–water partition coefficient (Wildman–Crippen LogP) is 1.28. The first-order chi connectivity index (χ1) is 11.1. The lowest BCUT2D eigenvalue weighted by Crippen LogP contribution is -2.39. The maximum atomic E-state index is 11.9. The summed E-state index contributed by atoms with van der Waals surface area (Å²) in [6.07, 6.45) is 0. The monoisotopic (exact) mass is 309 g/mol. The number of ether oxygens (including phenoxy) is 1. The van der Waals surface area contributed by atoms with Gasteiger partial charge in [0.25, 0.3) is 5.91 Å². The Morgan fingerprint density at radius 2 is 1.78 bits per heavy atom. The molecule has 0 aromatic heterocycles. The molecule has 0 saturated carbocycles. The van der Waals surface area contributed by atoms with Gasteiger partial charge >= 0.3 is 0 Å². The molecule has 6 heteroatoms. The standard InChI is InChI=1S/C17H15N3O3/c18-10-12-6-8-14(9-7-12)23-11-15(21)20-16(17(19)22)13-4-2-1-3-5-13/h1-9,16H,11H2,(H2,19,22)(H,20,21). The fraction of sp³-hybridized carbons (Fsp3) is 0.118. The molecule has 2 aromatic carbocycles. The van der Waals surface area contributed by atoms with Crippen molar-refractivity contribution < 1.29 is 14.3 Å². The number of amides is 2. The van der Waals surface area contributed by atoms with Gasteiger partial charge in [-0.2, -0.15) is 5.26 Å². The first kappa shape index (κ1) is 16.0. The third-order valence-corrected chi connectivity index (χ3v) is 3.08. The van der Waals surface area contributed by atoms with Gasteiger partial charge in [-0.15, -0.1) is 0 Å². The molecule has 6 nitrogen and oxygen atoms in total. The van der Waals surface area contributed by atoms with Crippen LogP contribution in [0.2, 0.25) is 0 Å². The molecule has 1 unspecified atom stereocenters. The lowest BCUT2D eigenvalue weighted by molar-refractivity contribution is -0.128. The summed E-state index contributed by atoms with van der Waals surface area (Å²) in [4.78, 5) is 23.4. The van der Waals surface area contributed by atoms with Crippen LogP contribution < -0.4 is 15.8 Å². The van der Waals surface area contributed by atoms with Crippen molar-refractivity contribution in [1.29, 1.82) is 5.26 Å². The highest BCUT2D eigenvalue weighted by atomic mass is 16.5. The van der Waals surface area contributed by atoms with Gasteiger partial charge in [-0.05, 0) is 29.8 Å². The third-order valence-electron chi connectivity index (χ3n) is 3.08. The number of carbonyl (C=O) groups excluding carboxylic acids is 2. The van der Waals surface area contributed by atoms with Crippen molar-refractivity contribution >= 4 is 11.8 Å². The molecule has 2 aromatic rings. The molecule has 0 radical (unpaired) electrons. The average Bonchev–Trinajstić information content (AvgIpc) is 2.58. The fourth-order valence-corrected chi connectivity index (χ4v) is 1.94. The fourth-order valence-electron chi connectivity index (χ4n) is 1.94. The summed E-state index contributed by atoms with van der Waals surface area (Å²) in [6.45, 7) is -0.261. The van der Waals surface area contributed by atoms with Crippen molar-refractivity contribution in [3.8, 4) is 11.8 Å². The number of nitriles is 1. The van der Waals surface area contributed by atoms with Crippen LogP contribution in [-0.4, -0.2) is 18.4 Å². The molecule has 3 N–H and O–H groups in total. The minimum atomic E-state index is -0.909. The number of nitrogens with two attached hydrogens (primary N) is 1. The van der Waals surface area contributed by atoms with Crippen LogP contribution in [0.15, 0.2) is 54.6 Å². The van der Waals surface area contributed by atoms with Gasteiger partial charge in [0, 0.05) is 0 Å². The quantitative estimate of drug-likeness (QED) is 0.838. The van der Waals surface area contributed by atoms with E-state index < -0.39 is 17.9 Å². The molecule has 116 valence electrons. The SMILES string of the molecule is N#Cc1ccc(OCC(=O)NC(C(N)=O)c2ccccc2)cc1. The second-order valence-corrected chi connectivity index (χ2v) is 4.74. The maximum absolute atomic E-state index is 11.9. The zero-order valence-corrected chi connectivity index (χ0v) is 12.2. The van der Waals surface area contributed by atoms with Crippen LogP contribution in [0, 0.1) is 11.3 Å². The minimum absolute atomic E-state index is 0.261. The number of hydrogen-bond donors (Lipinski definition) is 2. The average molecular weight is 309 g/mol. The van der Waals surface area contributed by atoms with Crippen LogP contribution in [0.5, 0.6) is 5.75 Å². The highest BCUT2D eigenvalue weighted by Gasteiger charge is 2.20. The molecule has 0 fully saturated rings. The number of nitrogens with zero attached hydrogens (tertiary/aromatic N) is 1. The molecular formula is C17H15N3O3. The molecule has 0 aliphatic rings. The molecule has 0 aliphatic carbocycles. The zero-order valence-electron chi connectivity index (χ0n) is 12.2. The van der Waals surface area contributed by atoms with Crippen molar-refractivity contribution in [2.24, 2.45) is 5.73 Å². The Morgan fingerprint density at radius 3 is 2.35 bits per heavy atom. The largest absolute Gasteiger partial charge is 0.484 e. The molecular weight excluding hydrogens is 294 g/mol. The summed E-state index contributed by atoms with van der Waals surface area (Å²) < 4.78 is 5.31. The second-order valence-electron chi connectivity index (χ2n) is 4.74. The summed E-state index contributed by atoms with van der Waals surface area (Å²) >= 11 is 0. The van der Waals surface area contributed by atoms with Gasteiger partial charge in [0.1, 0.15) is 11.8 Å². The summed E-state index contributed by atoms with van der Waals surface area (Å²) in [5, 5.41) is 11.2. The van der Waals surface area contributed by atoms with Crippen LogP contribution in [0.1, 0.15) is 17.2 Å². The van der Waals surface area contributed by atoms with Gasteiger partial charge < -0.3 is 15.8 Å². The maximum Gasteiger partial charge on any atom is 0.258 e. The summed E-state index contributed by atoms with van der Waals surface area (Å²) in [5.74, 6) is -0.667. The Balaban J connectivity index is 1.94. The molecule has 2 amide bonds. The predicted molar refractivity (Wildman–Crippen MR) is 83.2 cm³/mol. The van der Waals surface area contributed by atoms with Crippen LogP contribution in [0.4, 0.5) is 0 Å². The first-order valence-corrected chi connectivity index (χ1v) is 6.86. The lowest BCUT2D eigenvalue weighted by atomic mass is 10.1. The van der Waals surface area contributed by atoms with E-state index in [2.05, 4.69) is 5.32 Å². The molecule has 23 heavy (non-hydrogen) atoms. The first-order valence-electron chi connectivity index (χ1n) is 6.86. The van der Waals surface area contributed by atoms with E-state index in [1.807, 2.05) is 6.07 Å². The van der Waals surface area contributed by atoms with E-state index in [1.165, 1.54) is 0 Å². The Bertz CT molecular complexity index is 721. The number of benzene rings is 2. The van der Waals surface area contributed by atoms with Gasteiger partial charge in [-0.1, -0.05) is 30.3 Å². The van der Waals surface area contributed by atoms with E-state index in [-0.39, 0.29) is 6.61 Å². The minimum Gasteiger partial charge on any atom is -0.484 e. The second kappa shape index (κ2) is 7.61. The summed E-state index contributed by atoms with van der Waals surface area (Å²) in [5.41, 5.74) is 6.43. The number of primary amides is 1. The summed E-state index contributed by atoms with van der Waals surface area (Å²) in [6, 6.07) is 16.2. The van der Waals surface area contributed by atoms with Crippen molar-refractivity contribution in [2.45, 2.75) is 6.04 Å². The lowest BCUT2D eigenvalue weighted by Gasteiger charge is -2.16. The molecule has 0 heterocycles. The van der Waals surface area contributed by atoms with Gasteiger partial charge in [0.05, 0.1) is 11.6 Å². The Morgan fingerprint density at radius 1 is 1.13 bits per heavy atom. The van der Waals surface area contributed by atoms with E-state index >= 15 is 0 Å². The Hall–Kier alpha value is -3.33. The number of hydrogen-bond acceptors (Lipinski definition) is 4. The molecule has 2 rings (SSSR count). The van der Waals surface area contributed by atoms with E-state index in [4.69, 9.17) is 15.7 Å². The van der Waals surface area contributed by atoms with Gasteiger partial charge in [0.15, 0.2) is 6.61 Å². The number of nitrogens with one attached hydrogen (secondary N) is 1. The van der Waals surface area contributed by atoms with Gasteiger partial charge in [-0.3, -0.25) is 9.59 Å². The molecule has 0 spiro atoms. The van der Waals surface area contributed by atoms with Gasteiger partial charge in [-0.25, -0.2) is 0 Å². The van der Waals surface area contributed by atoms with E-state index in [1.54, 1.807) is 54.6 Å². The van der Waals surface area contributed by atoms with Crippen molar-refractivity contribution in [3.05, 3.63) is 65.7 Å². The molecule has 0 saturated heterocycles. The van der Waals surface area contributed by atoms with Crippen LogP contribution in [0.25, 0.3) is 0 Å². The van der Waals surface area contributed by atoms with Crippen LogP contribution in [0.3, 0.4) is 0 Å². The van der Waals surface area contributed by atoms with Crippen molar-refractivity contribution in [1.82, 2.24) is 5.32 Å².